The van der Waals surface area contributed by atoms with Crippen molar-refractivity contribution in [2.75, 3.05) is 13.7 Å². The smallest absolute Gasteiger partial charge is 0.407 e. The maximum absolute atomic E-state index is 11.4. The predicted molar refractivity (Wildman–Crippen MR) is 78.9 cm³/mol. The number of carbonyl (C=O) groups is 1. The molecule has 2 rings (SSSR count). The molecule has 1 aromatic carbocycles. The zero-order valence-electron chi connectivity index (χ0n) is 11.0. The van der Waals surface area contributed by atoms with Crippen LogP contribution in [0.15, 0.2) is 22.7 Å². The number of hydrogen-bond donors (Lipinski definition) is 1. The highest BCUT2D eigenvalue weighted by Crippen LogP contribution is 2.40. The van der Waals surface area contributed by atoms with Gasteiger partial charge in [-0.05, 0) is 23.8 Å². The molecule has 106 valence electrons. The molecule has 4 nitrogen and oxygen atoms in total. The van der Waals surface area contributed by atoms with Gasteiger partial charge in [0.05, 0.1) is 13.2 Å². The molecule has 0 saturated carbocycles. The summed E-state index contributed by atoms with van der Waals surface area (Å²) in [6, 6.07) is 5.62. The summed E-state index contributed by atoms with van der Waals surface area (Å²) < 4.78 is 11.2. The molecule has 0 spiro atoms. The molecule has 1 atom stereocenters. The van der Waals surface area contributed by atoms with Gasteiger partial charge in [-0.25, -0.2) is 4.79 Å². The number of amides is 1. The van der Waals surface area contributed by atoms with Crippen molar-refractivity contribution in [1.29, 1.82) is 0 Å². The first kappa shape index (κ1) is 16.1. The molecular weight excluding hydrogens is 334 g/mol. The van der Waals surface area contributed by atoms with Crippen molar-refractivity contribution in [3.63, 3.8) is 0 Å². The SMILES string of the molecule is COc1ccc(Br)c([C@H]2NC(=O)OCC2(C)C)c1.Cl. The second-order valence-electron chi connectivity index (χ2n) is 5.03. The fraction of sp³-hybridized carbons (Fsp3) is 0.462. The van der Waals surface area contributed by atoms with Gasteiger partial charge in [0.2, 0.25) is 0 Å². The molecule has 0 aromatic heterocycles. The Bertz CT molecular complexity index is 479. The average Bonchev–Trinajstić information content (AvgIpc) is 2.33. The lowest BCUT2D eigenvalue weighted by atomic mass is 9.80. The fourth-order valence-corrected chi connectivity index (χ4v) is 2.53. The normalized spacial score (nSPS) is 20.8. The van der Waals surface area contributed by atoms with Crippen LogP contribution >= 0.6 is 28.3 Å². The van der Waals surface area contributed by atoms with E-state index >= 15 is 0 Å². The van der Waals surface area contributed by atoms with E-state index in [1.54, 1.807) is 7.11 Å². The van der Waals surface area contributed by atoms with Crippen molar-refractivity contribution < 1.29 is 14.3 Å². The van der Waals surface area contributed by atoms with E-state index < -0.39 is 0 Å². The van der Waals surface area contributed by atoms with E-state index in [9.17, 15) is 4.79 Å². The van der Waals surface area contributed by atoms with Crippen LogP contribution in [-0.4, -0.2) is 19.8 Å². The van der Waals surface area contributed by atoms with E-state index in [0.29, 0.717) is 6.61 Å². The van der Waals surface area contributed by atoms with Crippen molar-refractivity contribution in [3.05, 3.63) is 28.2 Å². The summed E-state index contributed by atoms with van der Waals surface area (Å²) >= 11 is 3.52. The second kappa shape index (κ2) is 6.01. The third kappa shape index (κ3) is 3.34. The molecule has 6 heteroatoms. The highest BCUT2D eigenvalue weighted by atomic mass is 79.9. The zero-order chi connectivity index (χ0) is 13.3. The molecule has 1 amide bonds. The average molecular weight is 351 g/mol. The molecule has 1 aliphatic rings. The van der Waals surface area contributed by atoms with E-state index in [1.165, 1.54) is 0 Å². The molecule has 1 fully saturated rings. The maximum Gasteiger partial charge on any atom is 0.407 e. The fourth-order valence-electron chi connectivity index (χ4n) is 2.06. The molecular formula is C13H17BrClNO3. The standard InChI is InChI=1S/C13H16BrNO3.ClH/c1-13(2)7-18-12(16)15-11(13)9-6-8(17-3)4-5-10(9)14;/h4-6,11H,7H2,1-3H3,(H,15,16);1H/t11-;/m1./s1. The van der Waals surface area contributed by atoms with E-state index in [1.807, 2.05) is 18.2 Å². The van der Waals surface area contributed by atoms with Crippen molar-refractivity contribution in [1.82, 2.24) is 5.32 Å². The highest BCUT2D eigenvalue weighted by molar-refractivity contribution is 9.10. The molecule has 1 saturated heterocycles. The summed E-state index contributed by atoms with van der Waals surface area (Å²) in [7, 11) is 1.63. The number of ether oxygens (including phenoxy) is 2. The number of benzene rings is 1. The second-order valence-corrected chi connectivity index (χ2v) is 5.88. The Balaban J connectivity index is 0.00000180. The van der Waals surface area contributed by atoms with Crippen LogP contribution in [0.25, 0.3) is 0 Å². The Morgan fingerprint density at radius 3 is 2.79 bits per heavy atom. The molecule has 0 radical (unpaired) electrons. The van der Waals surface area contributed by atoms with Gasteiger partial charge in [0, 0.05) is 9.89 Å². The molecule has 1 heterocycles. The lowest BCUT2D eigenvalue weighted by Crippen LogP contribution is -2.47. The first-order chi connectivity index (χ1) is 8.44. The lowest BCUT2D eigenvalue weighted by Gasteiger charge is -2.39. The van der Waals surface area contributed by atoms with Crippen LogP contribution in [0.3, 0.4) is 0 Å². The number of rotatable bonds is 2. The summed E-state index contributed by atoms with van der Waals surface area (Å²) in [6.07, 6.45) is -0.381. The van der Waals surface area contributed by atoms with E-state index in [2.05, 4.69) is 35.1 Å². The third-order valence-corrected chi connectivity index (χ3v) is 3.86. The zero-order valence-corrected chi connectivity index (χ0v) is 13.4. The number of halogens is 2. The number of alkyl carbamates (subject to hydrolysis) is 1. The highest BCUT2D eigenvalue weighted by Gasteiger charge is 2.38. The molecule has 0 bridgehead atoms. The van der Waals surface area contributed by atoms with Crippen molar-refractivity contribution >= 4 is 34.4 Å². The number of methoxy groups -OCH3 is 1. The molecule has 1 aromatic rings. The molecule has 0 unspecified atom stereocenters. The monoisotopic (exact) mass is 349 g/mol. The van der Waals surface area contributed by atoms with Crippen molar-refractivity contribution in [3.8, 4) is 5.75 Å². The topological polar surface area (TPSA) is 47.6 Å². The Morgan fingerprint density at radius 1 is 1.47 bits per heavy atom. The van der Waals surface area contributed by atoms with Gasteiger partial charge in [0.15, 0.2) is 0 Å². The van der Waals surface area contributed by atoms with Gasteiger partial charge < -0.3 is 14.8 Å². The van der Waals surface area contributed by atoms with Crippen LogP contribution in [0.2, 0.25) is 0 Å². The molecule has 1 aliphatic heterocycles. The summed E-state index contributed by atoms with van der Waals surface area (Å²) in [5, 5.41) is 2.87. The molecule has 1 N–H and O–H groups in total. The first-order valence-corrected chi connectivity index (χ1v) is 6.50. The summed E-state index contributed by atoms with van der Waals surface area (Å²) in [4.78, 5) is 11.4. The number of carbonyl (C=O) groups excluding carboxylic acids is 1. The van der Waals surface area contributed by atoms with Crippen LogP contribution in [0.5, 0.6) is 5.75 Å². The summed E-state index contributed by atoms with van der Waals surface area (Å²) in [6.45, 7) is 4.51. The van der Waals surface area contributed by atoms with Gasteiger partial charge in [0.25, 0.3) is 0 Å². The Morgan fingerprint density at radius 2 is 2.16 bits per heavy atom. The van der Waals surface area contributed by atoms with Crippen LogP contribution in [0, 0.1) is 5.41 Å². The van der Waals surface area contributed by atoms with Crippen LogP contribution in [0.1, 0.15) is 25.5 Å². The van der Waals surface area contributed by atoms with Crippen LogP contribution < -0.4 is 10.1 Å². The first-order valence-electron chi connectivity index (χ1n) is 5.71. The van der Waals surface area contributed by atoms with Gasteiger partial charge in [-0.2, -0.15) is 0 Å². The Hall–Kier alpha value is -0.940. The van der Waals surface area contributed by atoms with Gasteiger partial charge in [0.1, 0.15) is 12.4 Å². The summed E-state index contributed by atoms with van der Waals surface area (Å²) in [5.41, 5.74) is 0.819. The minimum absolute atomic E-state index is 0. The minimum atomic E-state index is -0.381. The Kier molecular flexibility index (Phi) is 5.10. The minimum Gasteiger partial charge on any atom is -0.497 e. The third-order valence-electron chi connectivity index (χ3n) is 3.13. The number of nitrogens with one attached hydrogen (secondary N) is 1. The van der Waals surface area contributed by atoms with Gasteiger partial charge in [-0.3, -0.25) is 0 Å². The van der Waals surface area contributed by atoms with Crippen LogP contribution in [0.4, 0.5) is 4.79 Å². The summed E-state index contributed by atoms with van der Waals surface area (Å²) in [5.74, 6) is 0.768. The number of hydrogen-bond acceptors (Lipinski definition) is 3. The van der Waals surface area contributed by atoms with Crippen molar-refractivity contribution in [2.45, 2.75) is 19.9 Å². The van der Waals surface area contributed by atoms with E-state index in [0.717, 1.165) is 15.8 Å². The van der Waals surface area contributed by atoms with Crippen molar-refractivity contribution in [2.24, 2.45) is 5.41 Å². The maximum atomic E-state index is 11.4. The lowest BCUT2D eigenvalue weighted by molar-refractivity contribution is 0.0385. The van der Waals surface area contributed by atoms with Crippen LogP contribution in [-0.2, 0) is 4.74 Å². The van der Waals surface area contributed by atoms with Gasteiger partial charge in [-0.15, -0.1) is 12.4 Å². The quantitative estimate of drug-likeness (QED) is 0.885. The largest absolute Gasteiger partial charge is 0.497 e. The molecule has 19 heavy (non-hydrogen) atoms. The van der Waals surface area contributed by atoms with E-state index in [-0.39, 0.29) is 30.0 Å². The Labute approximate surface area is 127 Å². The number of cyclic esters (lactones) is 1. The van der Waals surface area contributed by atoms with E-state index in [4.69, 9.17) is 9.47 Å². The predicted octanol–water partition coefficient (Wildman–Crippen LogP) is 3.69. The van der Waals surface area contributed by atoms with Gasteiger partial charge >= 0.3 is 6.09 Å². The molecule has 0 aliphatic carbocycles. The van der Waals surface area contributed by atoms with Gasteiger partial charge in [-0.1, -0.05) is 29.8 Å².